The minimum atomic E-state index is -1.03. The summed E-state index contributed by atoms with van der Waals surface area (Å²) in [6, 6.07) is 1.42. The van der Waals surface area contributed by atoms with Gasteiger partial charge >= 0.3 is 0 Å². The predicted molar refractivity (Wildman–Crippen MR) is 88.3 cm³/mol. The lowest BCUT2D eigenvalue weighted by Crippen LogP contribution is -2.23. The van der Waals surface area contributed by atoms with Gasteiger partial charge in [-0.25, -0.2) is 0 Å². The molecule has 0 atom stereocenters. The van der Waals surface area contributed by atoms with Gasteiger partial charge in [0.05, 0.1) is 8.07 Å². The fourth-order valence-electron chi connectivity index (χ4n) is 2.28. The van der Waals surface area contributed by atoms with E-state index in [0.29, 0.717) is 0 Å². The number of unbranched alkanes of at least 4 members (excludes halogenated alkanes) is 3. The fourth-order valence-corrected chi connectivity index (χ4v) is 5.60. The third-order valence-corrected chi connectivity index (χ3v) is 5.54. The van der Waals surface area contributed by atoms with Gasteiger partial charge in [-0.1, -0.05) is 76.7 Å². The molecule has 0 N–H and O–H groups in total. The lowest BCUT2D eigenvalue weighted by molar-refractivity contribution is 0.664. The Morgan fingerprint density at radius 3 is 1.88 bits per heavy atom. The van der Waals surface area contributed by atoms with Gasteiger partial charge in [-0.2, -0.15) is 0 Å². The molecule has 17 heavy (non-hydrogen) atoms. The van der Waals surface area contributed by atoms with Gasteiger partial charge < -0.3 is 0 Å². The Kier molecular flexibility index (Phi) is 7.65. The monoisotopic (exact) mass is 270 g/mol. The highest BCUT2D eigenvalue weighted by Gasteiger charge is 2.18. The minimum Gasteiger partial charge on any atom is -0.0961 e. The van der Waals surface area contributed by atoms with Crippen molar-refractivity contribution in [3.8, 4) is 0 Å². The summed E-state index contributed by atoms with van der Waals surface area (Å²) in [6.07, 6.45) is 6.96. The van der Waals surface area contributed by atoms with Crippen molar-refractivity contribution in [2.24, 2.45) is 0 Å². The molecule has 102 valence electrons. The molecule has 0 aromatic carbocycles. The molecule has 0 heterocycles. The van der Waals surface area contributed by atoms with Crippen molar-refractivity contribution in [1.29, 1.82) is 0 Å². The molecule has 0 fully saturated rings. The van der Waals surface area contributed by atoms with Crippen LogP contribution in [0.3, 0.4) is 0 Å². The van der Waals surface area contributed by atoms with Gasteiger partial charge in [0.15, 0.2) is 0 Å². The Balaban J connectivity index is 4.37. The summed E-state index contributed by atoms with van der Waals surface area (Å²) < 4.78 is 0. The van der Waals surface area contributed by atoms with Gasteiger partial charge in [-0.3, -0.25) is 0 Å². The van der Waals surface area contributed by atoms with E-state index in [4.69, 9.17) is 0 Å². The molecule has 0 bridgehead atoms. The van der Waals surface area contributed by atoms with Crippen molar-refractivity contribution in [3.05, 3.63) is 11.3 Å². The highest BCUT2D eigenvalue weighted by Crippen LogP contribution is 2.23. The molecule has 0 spiro atoms. The summed E-state index contributed by atoms with van der Waals surface area (Å²) in [7, 11) is -1.96. The average molecular weight is 271 g/mol. The zero-order valence-corrected chi connectivity index (χ0v) is 15.3. The number of hydrogen-bond donors (Lipinski definition) is 0. The second-order valence-corrected chi connectivity index (χ2v) is 18.2. The van der Waals surface area contributed by atoms with Crippen LogP contribution < -0.4 is 0 Å². The van der Waals surface area contributed by atoms with Crippen LogP contribution in [0.25, 0.3) is 0 Å². The summed E-state index contributed by atoms with van der Waals surface area (Å²) in [6.45, 7) is 17.2. The Morgan fingerprint density at radius 2 is 1.47 bits per heavy atom. The summed E-state index contributed by atoms with van der Waals surface area (Å²) in [5.41, 5.74) is 4.47. The van der Waals surface area contributed by atoms with Crippen LogP contribution in [-0.2, 0) is 0 Å². The van der Waals surface area contributed by atoms with Crippen LogP contribution in [0, 0.1) is 0 Å². The maximum absolute atomic E-state index is 2.68. The first-order valence-electron chi connectivity index (χ1n) is 7.35. The van der Waals surface area contributed by atoms with Crippen LogP contribution in [-0.4, -0.2) is 16.1 Å². The maximum Gasteiger partial charge on any atom is 0.0686 e. The third-order valence-electron chi connectivity index (χ3n) is 2.75. The first kappa shape index (κ1) is 17.2. The van der Waals surface area contributed by atoms with Crippen molar-refractivity contribution < 1.29 is 0 Å². The largest absolute Gasteiger partial charge is 0.0961 e. The second kappa shape index (κ2) is 7.57. The molecule has 0 saturated heterocycles. The van der Waals surface area contributed by atoms with Gasteiger partial charge in [0.25, 0.3) is 0 Å². The van der Waals surface area contributed by atoms with Crippen LogP contribution in [0.1, 0.15) is 39.0 Å². The molecule has 0 aromatic rings. The molecular weight excluding hydrogens is 236 g/mol. The standard InChI is InChI=1S/C15H34Si2/c1-8-9-10-11-12-15(13-16(2,3)4)14-17(5,6)7/h13H,8-12,14H2,1-7H3/b15-13-. The number of allylic oxidation sites excluding steroid dienone is 1. The Hall–Kier alpha value is 0.174. The van der Waals surface area contributed by atoms with Crippen molar-refractivity contribution in [1.82, 2.24) is 0 Å². The van der Waals surface area contributed by atoms with Gasteiger partial charge in [0.2, 0.25) is 0 Å². The maximum atomic E-state index is 2.68. The van der Waals surface area contributed by atoms with E-state index in [9.17, 15) is 0 Å². The molecule has 0 amide bonds. The molecule has 0 unspecified atom stereocenters. The average Bonchev–Trinajstić information content (AvgIpc) is 2.06. The van der Waals surface area contributed by atoms with E-state index in [1.54, 1.807) is 5.57 Å². The lowest BCUT2D eigenvalue weighted by Gasteiger charge is -2.21. The van der Waals surface area contributed by atoms with Crippen molar-refractivity contribution >= 4 is 16.1 Å². The number of rotatable bonds is 8. The van der Waals surface area contributed by atoms with E-state index < -0.39 is 16.1 Å². The van der Waals surface area contributed by atoms with Crippen LogP contribution in [0.15, 0.2) is 11.3 Å². The molecule has 0 saturated carbocycles. The summed E-state index contributed by atoms with van der Waals surface area (Å²) >= 11 is 0. The molecule has 0 aliphatic carbocycles. The topological polar surface area (TPSA) is 0 Å². The normalized spacial score (nSPS) is 14.2. The molecule has 2 heteroatoms. The Bertz CT molecular complexity index is 228. The predicted octanol–water partition coefficient (Wildman–Crippen LogP) is 6.10. The SMILES string of the molecule is CCCCCC/C(=C/[Si](C)(C)C)C[Si](C)(C)C. The molecule has 0 aromatic heterocycles. The van der Waals surface area contributed by atoms with E-state index in [1.165, 1.54) is 38.1 Å². The van der Waals surface area contributed by atoms with Gasteiger partial charge in [-0.15, -0.1) is 0 Å². The molecule has 0 radical (unpaired) electrons. The van der Waals surface area contributed by atoms with E-state index in [1.807, 2.05) is 0 Å². The first-order valence-corrected chi connectivity index (χ1v) is 14.6. The first-order chi connectivity index (χ1) is 7.64. The van der Waals surface area contributed by atoms with Crippen molar-refractivity contribution in [2.75, 3.05) is 0 Å². The van der Waals surface area contributed by atoms with Gasteiger partial charge in [0, 0.05) is 8.07 Å². The fraction of sp³-hybridized carbons (Fsp3) is 0.867. The molecule has 0 rings (SSSR count). The van der Waals surface area contributed by atoms with Crippen LogP contribution >= 0.6 is 0 Å². The van der Waals surface area contributed by atoms with Crippen LogP contribution in [0.2, 0.25) is 45.3 Å². The smallest absolute Gasteiger partial charge is 0.0686 e. The Morgan fingerprint density at radius 1 is 0.882 bits per heavy atom. The molecule has 0 aliphatic rings. The van der Waals surface area contributed by atoms with Crippen LogP contribution in [0.4, 0.5) is 0 Å². The molecule has 0 aliphatic heterocycles. The van der Waals surface area contributed by atoms with Crippen LogP contribution in [0.5, 0.6) is 0 Å². The van der Waals surface area contributed by atoms with Gasteiger partial charge in [-0.05, 0) is 18.9 Å². The number of hydrogen-bond acceptors (Lipinski definition) is 0. The molecule has 0 nitrogen and oxygen atoms in total. The summed E-state index contributed by atoms with van der Waals surface area (Å²) in [5.74, 6) is 0. The van der Waals surface area contributed by atoms with E-state index >= 15 is 0 Å². The van der Waals surface area contributed by atoms with Crippen molar-refractivity contribution in [2.45, 2.75) is 84.4 Å². The second-order valence-electron chi connectivity index (χ2n) is 7.72. The zero-order chi connectivity index (χ0) is 13.5. The zero-order valence-electron chi connectivity index (χ0n) is 13.3. The van der Waals surface area contributed by atoms with E-state index in [2.05, 4.69) is 51.9 Å². The third kappa shape index (κ3) is 12.4. The van der Waals surface area contributed by atoms with E-state index in [-0.39, 0.29) is 0 Å². The summed E-state index contributed by atoms with van der Waals surface area (Å²) in [4.78, 5) is 0. The minimum absolute atomic E-state index is 0.935. The molecular formula is C15H34Si2. The van der Waals surface area contributed by atoms with Crippen molar-refractivity contribution in [3.63, 3.8) is 0 Å². The quantitative estimate of drug-likeness (QED) is 0.369. The van der Waals surface area contributed by atoms with E-state index in [0.717, 1.165) is 0 Å². The summed E-state index contributed by atoms with van der Waals surface area (Å²) in [5, 5.41) is 0. The highest BCUT2D eigenvalue weighted by molar-refractivity contribution is 6.81. The lowest BCUT2D eigenvalue weighted by atomic mass is 10.1. The highest BCUT2D eigenvalue weighted by atomic mass is 28.3. The van der Waals surface area contributed by atoms with Gasteiger partial charge in [0.1, 0.15) is 0 Å². The Labute approximate surface area is 112 Å².